The van der Waals surface area contributed by atoms with Crippen LogP contribution in [0.25, 0.3) is 0 Å². The van der Waals surface area contributed by atoms with Gasteiger partial charge in [0.25, 0.3) is 5.91 Å². The van der Waals surface area contributed by atoms with E-state index in [9.17, 15) is 13.6 Å². The fourth-order valence-corrected chi connectivity index (χ4v) is 5.16. The number of nitrogens with zero attached hydrogens (tertiary/aromatic N) is 2. The summed E-state index contributed by atoms with van der Waals surface area (Å²) >= 11 is 0. The largest absolute Gasteiger partial charge is 0.492 e. The van der Waals surface area contributed by atoms with Crippen molar-refractivity contribution >= 4 is 5.91 Å². The Morgan fingerprint density at radius 1 is 0.969 bits per heavy atom. The van der Waals surface area contributed by atoms with Gasteiger partial charge in [0, 0.05) is 37.8 Å². The van der Waals surface area contributed by atoms with Gasteiger partial charge in [-0.1, -0.05) is 24.6 Å². The minimum absolute atomic E-state index is 0.0880. The smallest absolute Gasteiger partial charge is 0.254 e. The average molecular weight is 443 g/mol. The molecular weight excluding hydrogens is 410 g/mol. The van der Waals surface area contributed by atoms with E-state index in [0.717, 1.165) is 75.6 Å². The number of ether oxygens (including phenoxy) is 1. The summed E-state index contributed by atoms with van der Waals surface area (Å²) in [6, 6.07) is 11.3. The SMILES string of the molecule is CN1CCOc2ccccc2CCCCC2(CCN(C(=O)c3cc(F)cc(F)c3)CC2)C1. The highest BCUT2D eigenvalue weighted by molar-refractivity contribution is 5.94. The molecular formula is C26H32F2N2O2. The molecule has 2 aliphatic heterocycles. The first-order valence-electron chi connectivity index (χ1n) is 11.6. The summed E-state index contributed by atoms with van der Waals surface area (Å²) in [5.41, 5.74) is 1.51. The fourth-order valence-electron chi connectivity index (χ4n) is 5.16. The molecule has 1 spiro atoms. The normalized spacial score (nSPS) is 20.0. The first kappa shape index (κ1) is 22.7. The maximum Gasteiger partial charge on any atom is 0.254 e. The molecule has 4 rings (SSSR count). The van der Waals surface area contributed by atoms with Crippen LogP contribution in [0.4, 0.5) is 8.78 Å². The zero-order chi connectivity index (χ0) is 22.6. The van der Waals surface area contributed by atoms with Gasteiger partial charge < -0.3 is 14.5 Å². The lowest BCUT2D eigenvalue weighted by molar-refractivity contribution is 0.0424. The van der Waals surface area contributed by atoms with Crippen molar-refractivity contribution in [3.8, 4) is 5.75 Å². The second-order valence-corrected chi connectivity index (χ2v) is 9.35. The molecule has 0 unspecified atom stereocenters. The van der Waals surface area contributed by atoms with Gasteiger partial charge >= 0.3 is 0 Å². The van der Waals surface area contributed by atoms with Gasteiger partial charge in [-0.15, -0.1) is 0 Å². The molecule has 1 saturated heterocycles. The number of para-hydroxylation sites is 1. The lowest BCUT2D eigenvalue weighted by Crippen LogP contribution is -2.48. The lowest BCUT2D eigenvalue weighted by Gasteiger charge is -2.44. The summed E-state index contributed by atoms with van der Waals surface area (Å²) in [6.07, 6.45) is 6.17. The quantitative estimate of drug-likeness (QED) is 0.628. The van der Waals surface area contributed by atoms with Crippen molar-refractivity contribution in [1.29, 1.82) is 0 Å². The van der Waals surface area contributed by atoms with Crippen molar-refractivity contribution in [2.24, 2.45) is 5.41 Å². The van der Waals surface area contributed by atoms with Crippen molar-refractivity contribution in [2.75, 3.05) is 39.8 Å². The van der Waals surface area contributed by atoms with E-state index in [1.165, 1.54) is 5.56 Å². The van der Waals surface area contributed by atoms with Crippen LogP contribution in [0.2, 0.25) is 0 Å². The number of likely N-dealkylation sites (N-methyl/N-ethyl adjacent to an activating group) is 1. The molecule has 0 bridgehead atoms. The number of aryl methyl sites for hydroxylation is 1. The minimum Gasteiger partial charge on any atom is -0.492 e. The summed E-state index contributed by atoms with van der Waals surface area (Å²) in [6.45, 7) is 3.70. The highest BCUT2D eigenvalue weighted by Gasteiger charge is 2.36. The summed E-state index contributed by atoms with van der Waals surface area (Å²) in [7, 11) is 2.13. The van der Waals surface area contributed by atoms with E-state index in [0.29, 0.717) is 19.7 Å². The van der Waals surface area contributed by atoms with Crippen molar-refractivity contribution in [2.45, 2.75) is 38.5 Å². The van der Waals surface area contributed by atoms with Crippen LogP contribution in [-0.2, 0) is 6.42 Å². The number of fused-ring (bicyclic) bond motifs is 1. The molecule has 0 aromatic heterocycles. The number of piperidine rings is 1. The van der Waals surface area contributed by atoms with Crippen LogP contribution in [0.1, 0.15) is 48.0 Å². The van der Waals surface area contributed by atoms with Crippen molar-refractivity contribution < 1.29 is 18.3 Å². The van der Waals surface area contributed by atoms with Gasteiger partial charge in [0.05, 0.1) is 0 Å². The fraction of sp³-hybridized carbons (Fsp3) is 0.500. The van der Waals surface area contributed by atoms with Crippen LogP contribution in [-0.4, -0.2) is 55.5 Å². The van der Waals surface area contributed by atoms with Crippen LogP contribution < -0.4 is 4.74 Å². The first-order valence-corrected chi connectivity index (χ1v) is 11.6. The summed E-state index contributed by atoms with van der Waals surface area (Å²) in [4.78, 5) is 16.9. The molecule has 2 heterocycles. The third-order valence-corrected chi connectivity index (χ3v) is 6.93. The van der Waals surface area contributed by atoms with Crippen LogP contribution >= 0.6 is 0 Å². The number of amides is 1. The van der Waals surface area contributed by atoms with E-state index in [-0.39, 0.29) is 16.9 Å². The van der Waals surface area contributed by atoms with Gasteiger partial charge in [-0.05, 0) is 68.3 Å². The van der Waals surface area contributed by atoms with E-state index < -0.39 is 11.6 Å². The highest BCUT2D eigenvalue weighted by atomic mass is 19.1. The van der Waals surface area contributed by atoms with E-state index >= 15 is 0 Å². The summed E-state index contributed by atoms with van der Waals surface area (Å²) in [5, 5.41) is 0. The molecule has 2 aliphatic rings. The van der Waals surface area contributed by atoms with Crippen molar-refractivity contribution in [3.05, 3.63) is 65.2 Å². The number of benzene rings is 2. The molecule has 1 amide bonds. The van der Waals surface area contributed by atoms with E-state index in [1.54, 1.807) is 4.90 Å². The predicted octanol–water partition coefficient (Wildman–Crippen LogP) is 4.92. The summed E-state index contributed by atoms with van der Waals surface area (Å²) in [5.74, 6) is -0.723. The van der Waals surface area contributed by atoms with Crippen LogP contribution in [0, 0.1) is 17.0 Å². The minimum atomic E-state index is -0.716. The number of hydrogen-bond acceptors (Lipinski definition) is 3. The maximum absolute atomic E-state index is 13.6. The highest BCUT2D eigenvalue weighted by Crippen LogP contribution is 2.38. The van der Waals surface area contributed by atoms with Gasteiger partial charge in [0.15, 0.2) is 0 Å². The number of likely N-dealkylation sites (tertiary alicyclic amines) is 1. The Kier molecular flexibility index (Phi) is 7.09. The molecule has 172 valence electrons. The molecule has 4 nitrogen and oxygen atoms in total. The topological polar surface area (TPSA) is 32.8 Å². The number of carbonyl (C=O) groups excluding carboxylic acids is 1. The van der Waals surface area contributed by atoms with Crippen LogP contribution in [0.3, 0.4) is 0 Å². The molecule has 1 fully saturated rings. The summed E-state index contributed by atoms with van der Waals surface area (Å²) < 4.78 is 33.2. The van der Waals surface area contributed by atoms with Gasteiger partial charge in [-0.2, -0.15) is 0 Å². The molecule has 2 aromatic carbocycles. The maximum atomic E-state index is 13.6. The zero-order valence-electron chi connectivity index (χ0n) is 18.8. The van der Waals surface area contributed by atoms with E-state index in [4.69, 9.17) is 4.74 Å². The predicted molar refractivity (Wildman–Crippen MR) is 121 cm³/mol. The second kappa shape index (κ2) is 9.99. The van der Waals surface area contributed by atoms with Gasteiger partial charge in [-0.3, -0.25) is 4.79 Å². The molecule has 6 heteroatoms. The van der Waals surface area contributed by atoms with E-state index in [1.807, 2.05) is 6.07 Å². The standard InChI is InChI=1S/C26H32F2N2O2/c1-29-14-15-32-24-8-3-2-6-20(24)7-4-5-9-26(19-29)10-12-30(13-11-26)25(31)21-16-22(27)18-23(28)17-21/h2-3,6,8,16-18H,4-5,7,9-15,19H2,1H3. The third-order valence-electron chi connectivity index (χ3n) is 6.93. The lowest BCUT2D eigenvalue weighted by atomic mass is 9.73. The number of hydrogen-bond donors (Lipinski definition) is 0. The van der Waals surface area contributed by atoms with Gasteiger partial charge in [0.2, 0.25) is 0 Å². The number of halogens is 2. The van der Waals surface area contributed by atoms with Gasteiger partial charge in [0.1, 0.15) is 24.0 Å². The third kappa shape index (κ3) is 5.47. The van der Waals surface area contributed by atoms with E-state index in [2.05, 4.69) is 30.1 Å². The van der Waals surface area contributed by atoms with Crippen LogP contribution in [0.15, 0.2) is 42.5 Å². The number of rotatable bonds is 1. The van der Waals surface area contributed by atoms with Crippen molar-refractivity contribution in [3.63, 3.8) is 0 Å². The molecule has 0 saturated carbocycles. The van der Waals surface area contributed by atoms with Gasteiger partial charge in [-0.25, -0.2) is 8.78 Å². The monoisotopic (exact) mass is 442 g/mol. The Labute approximate surface area is 189 Å². The molecule has 0 radical (unpaired) electrons. The Morgan fingerprint density at radius 3 is 2.44 bits per heavy atom. The number of carbonyl (C=O) groups is 1. The molecule has 0 N–H and O–H groups in total. The zero-order valence-corrected chi connectivity index (χ0v) is 18.8. The molecule has 32 heavy (non-hydrogen) atoms. The second-order valence-electron chi connectivity index (χ2n) is 9.35. The Morgan fingerprint density at radius 2 is 1.69 bits per heavy atom. The molecule has 0 atom stereocenters. The Hall–Kier alpha value is -2.47. The Balaban J connectivity index is 1.41. The first-order chi connectivity index (χ1) is 15.4. The Bertz CT molecular complexity index is 921. The average Bonchev–Trinajstić information content (AvgIpc) is 2.76. The molecule has 2 aromatic rings. The molecule has 0 aliphatic carbocycles. The van der Waals surface area contributed by atoms with Crippen molar-refractivity contribution in [1.82, 2.24) is 9.80 Å². The van der Waals surface area contributed by atoms with Crippen LogP contribution in [0.5, 0.6) is 5.75 Å².